The van der Waals surface area contributed by atoms with E-state index in [4.69, 9.17) is 0 Å². The minimum Gasteiger partial charge on any atom is -0.338 e. The van der Waals surface area contributed by atoms with E-state index in [9.17, 15) is 4.79 Å². The molecule has 1 heterocycles. The Bertz CT molecular complexity index is 624. The van der Waals surface area contributed by atoms with E-state index in [2.05, 4.69) is 45.2 Å². The van der Waals surface area contributed by atoms with Crippen LogP contribution in [-0.2, 0) is 7.05 Å². The van der Waals surface area contributed by atoms with Gasteiger partial charge >= 0.3 is 6.03 Å². The first-order valence-corrected chi connectivity index (χ1v) is 7.68. The fourth-order valence-corrected chi connectivity index (χ4v) is 3.21. The van der Waals surface area contributed by atoms with Crippen LogP contribution in [0.5, 0.6) is 0 Å². The average Bonchev–Trinajstić information content (AvgIpc) is 3.15. The van der Waals surface area contributed by atoms with Gasteiger partial charge in [-0.15, -0.1) is 5.10 Å². The van der Waals surface area contributed by atoms with Gasteiger partial charge in [0.05, 0.1) is 6.20 Å². The Kier molecular flexibility index (Phi) is 4.37. The quantitative estimate of drug-likeness (QED) is 0.911. The molecule has 0 saturated heterocycles. The van der Waals surface area contributed by atoms with Crippen molar-refractivity contribution in [2.24, 2.45) is 13.0 Å². The van der Waals surface area contributed by atoms with Gasteiger partial charge in [-0.05, 0) is 30.2 Å². The third kappa shape index (κ3) is 3.44. The maximum atomic E-state index is 11.9. The van der Waals surface area contributed by atoms with Crippen LogP contribution in [0.2, 0.25) is 0 Å². The predicted octanol–water partition coefficient (Wildman–Crippen LogP) is 2.52. The molecule has 0 radical (unpaired) electrons. The largest absolute Gasteiger partial charge is 0.338 e. The predicted molar refractivity (Wildman–Crippen MR) is 84.5 cm³/mol. The van der Waals surface area contributed by atoms with Crippen LogP contribution in [0.4, 0.5) is 10.6 Å². The molecule has 0 bridgehead atoms. The summed E-state index contributed by atoms with van der Waals surface area (Å²) in [6.07, 6.45) is 5.24. The van der Waals surface area contributed by atoms with Crippen molar-refractivity contribution < 1.29 is 4.79 Å². The molecule has 2 unspecified atom stereocenters. The highest BCUT2D eigenvalue weighted by Crippen LogP contribution is 2.39. The number of hydrogen-bond acceptors (Lipinski definition) is 3. The van der Waals surface area contributed by atoms with Gasteiger partial charge in [-0.1, -0.05) is 42.0 Å². The molecule has 2 aromatic rings. The van der Waals surface area contributed by atoms with E-state index in [1.807, 2.05) is 6.07 Å². The van der Waals surface area contributed by atoms with Gasteiger partial charge in [-0.2, -0.15) is 0 Å². The van der Waals surface area contributed by atoms with Crippen LogP contribution in [0.1, 0.15) is 30.7 Å². The third-order valence-electron chi connectivity index (χ3n) is 4.26. The van der Waals surface area contributed by atoms with Crippen molar-refractivity contribution in [2.45, 2.75) is 25.2 Å². The van der Waals surface area contributed by atoms with Crippen molar-refractivity contribution in [1.29, 1.82) is 0 Å². The van der Waals surface area contributed by atoms with Crippen LogP contribution in [0.15, 0.2) is 36.5 Å². The molecule has 1 aromatic heterocycles. The number of rotatable bonds is 4. The maximum absolute atomic E-state index is 11.9. The molecule has 3 rings (SSSR count). The van der Waals surface area contributed by atoms with Gasteiger partial charge in [-0.25, -0.2) is 4.79 Å². The number of benzene rings is 1. The molecule has 1 saturated carbocycles. The van der Waals surface area contributed by atoms with Gasteiger partial charge in [0, 0.05) is 13.6 Å². The Morgan fingerprint density at radius 2 is 2.14 bits per heavy atom. The van der Waals surface area contributed by atoms with Crippen LogP contribution >= 0.6 is 0 Å². The summed E-state index contributed by atoms with van der Waals surface area (Å²) in [5.41, 5.74) is 1.38. The minimum atomic E-state index is -0.223. The molecule has 2 amide bonds. The van der Waals surface area contributed by atoms with Gasteiger partial charge in [0.2, 0.25) is 0 Å². The number of urea groups is 1. The summed E-state index contributed by atoms with van der Waals surface area (Å²) in [7, 11) is 1.76. The lowest BCUT2D eigenvalue weighted by Gasteiger charge is -2.20. The number of aryl methyl sites for hydroxylation is 1. The summed E-state index contributed by atoms with van der Waals surface area (Å²) in [4.78, 5) is 11.9. The lowest BCUT2D eigenvalue weighted by molar-refractivity contribution is 0.249. The third-order valence-corrected chi connectivity index (χ3v) is 4.26. The van der Waals surface area contributed by atoms with E-state index in [0.717, 1.165) is 6.42 Å². The van der Waals surface area contributed by atoms with Gasteiger partial charge in [0.15, 0.2) is 5.82 Å². The molecular weight excluding hydrogens is 278 g/mol. The normalized spacial score (nSPS) is 20.8. The second kappa shape index (κ2) is 6.60. The highest BCUT2D eigenvalue weighted by atomic mass is 16.2. The van der Waals surface area contributed by atoms with Gasteiger partial charge in [0.1, 0.15) is 0 Å². The molecule has 1 aliphatic carbocycles. The zero-order chi connectivity index (χ0) is 15.4. The first-order valence-electron chi connectivity index (χ1n) is 7.68. The molecule has 1 aromatic carbocycles. The first-order chi connectivity index (χ1) is 10.7. The summed E-state index contributed by atoms with van der Waals surface area (Å²) in [6.45, 7) is 0.686. The summed E-state index contributed by atoms with van der Waals surface area (Å²) < 4.78 is 1.55. The number of carbonyl (C=O) groups excluding carboxylic acids is 1. The highest BCUT2D eigenvalue weighted by molar-refractivity contribution is 5.87. The molecule has 2 atom stereocenters. The second-order valence-corrected chi connectivity index (χ2v) is 5.82. The van der Waals surface area contributed by atoms with Crippen molar-refractivity contribution in [3.63, 3.8) is 0 Å². The van der Waals surface area contributed by atoms with E-state index < -0.39 is 0 Å². The van der Waals surface area contributed by atoms with Crippen LogP contribution in [0.3, 0.4) is 0 Å². The molecule has 1 aliphatic rings. The summed E-state index contributed by atoms with van der Waals surface area (Å²) in [5.74, 6) is 1.50. The topological polar surface area (TPSA) is 71.8 Å². The van der Waals surface area contributed by atoms with Crippen molar-refractivity contribution in [1.82, 2.24) is 20.3 Å². The Morgan fingerprint density at radius 1 is 1.32 bits per heavy atom. The van der Waals surface area contributed by atoms with Crippen LogP contribution in [-0.4, -0.2) is 27.6 Å². The maximum Gasteiger partial charge on any atom is 0.320 e. The van der Waals surface area contributed by atoms with E-state index in [1.165, 1.54) is 18.4 Å². The Hall–Kier alpha value is -2.37. The number of hydrogen-bond donors (Lipinski definition) is 2. The van der Waals surface area contributed by atoms with Crippen LogP contribution in [0.25, 0.3) is 0 Å². The van der Waals surface area contributed by atoms with E-state index in [0.29, 0.717) is 24.2 Å². The number of nitrogens with one attached hydrogen (secondary N) is 2. The van der Waals surface area contributed by atoms with Gasteiger partial charge in [-0.3, -0.25) is 10.00 Å². The molecule has 2 N–H and O–H groups in total. The second-order valence-electron chi connectivity index (χ2n) is 5.82. The monoisotopic (exact) mass is 299 g/mol. The summed E-state index contributed by atoms with van der Waals surface area (Å²) >= 11 is 0. The molecule has 6 heteroatoms. The Balaban J connectivity index is 1.53. The summed E-state index contributed by atoms with van der Waals surface area (Å²) in [6, 6.07) is 10.3. The molecular formula is C16H21N5O. The lowest BCUT2D eigenvalue weighted by atomic mass is 9.89. The number of amides is 2. The minimum absolute atomic E-state index is 0.223. The average molecular weight is 299 g/mol. The molecule has 1 fully saturated rings. The number of aromatic nitrogens is 3. The zero-order valence-electron chi connectivity index (χ0n) is 12.7. The Morgan fingerprint density at radius 3 is 2.86 bits per heavy atom. The fourth-order valence-electron chi connectivity index (χ4n) is 3.21. The lowest BCUT2D eigenvalue weighted by Crippen LogP contribution is -2.33. The first kappa shape index (κ1) is 14.6. The Labute approximate surface area is 129 Å². The van der Waals surface area contributed by atoms with Crippen molar-refractivity contribution >= 4 is 11.8 Å². The van der Waals surface area contributed by atoms with Crippen LogP contribution in [0, 0.1) is 5.92 Å². The van der Waals surface area contributed by atoms with Crippen molar-refractivity contribution in [2.75, 3.05) is 11.9 Å². The molecule has 22 heavy (non-hydrogen) atoms. The van der Waals surface area contributed by atoms with Crippen molar-refractivity contribution in [3.05, 3.63) is 42.1 Å². The van der Waals surface area contributed by atoms with Crippen LogP contribution < -0.4 is 10.6 Å². The SMILES string of the molecule is Cn1cc(NC(=O)NCC2CCCC2c2ccccc2)nn1. The number of anilines is 1. The number of carbonyl (C=O) groups is 1. The van der Waals surface area contributed by atoms with Gasteiger partial charge in [0.25, 0.3) is 0 Å². The highest BCUT2D eigenvalue weighted by Gasteiger charge is 2.28. The standard InChI is InChI=1S/C16H21N5O/c1-21-11-15(19-20-21)18-16(22)17-10-13-8-5-9-14(13)12-6-3-2-4-7-12/h2-4,6-7,11,13-14H,5,8-10H2,1H3,(H2,17,18,22). The van der Waals surface area contributed by atoms with E-state index in [1.54, 1.807) is 17.9 Å². The van der Waals surface area contributed by atoms with Gasteiger partial charge < -0.3 is 5.32 Å². The fraction of sp³-hybridized carbons (Fsp3) is 0.438. The zero-order valence-corrected chi connectivity index (χ0v) is 12.7. The molecule has 0 spiro atoms. The number of nitrogens with zero attached hydrogens (tertiary/aromatic N) is 3. The molecule has 116 valence electrons. The van der Waals surface area contributed by atoms with E-state index in [-0.39, 0.29) is 6.03 Å². The van der Waals surface area contributed by atoms with Crippen molar-refractivity contribution in [3.8, 4) is 0 Å². The molecule has 0 aliphatic heterocycles. The van der Waals surface area contributed by atoms with E-state index >= 15 is 0 Å². The summed E-state index contributed by atoms with van der Waals surface area (Å²) in [5, 5.41) is 13.3. The smallest absolute Gasteiger partial charge is 0.320 e. The molecule has 6 nitrogen and oxygen atoms in total.